The smallest absolute Gasteiger partial charge is 0.131 e. The molecule has 1 aliphatic rings. The van der Waals surface area contributed by atoms with Gasteiger partial charge in [-0.25, -0.2) is 0 Å². The summed E-state index contributed by atoms with van der Waals surface area (Å²) in [6, 6.07) is 5.29. The van der Waals surface area contributed by atoms with E-state index >= 15 is 0 Å². The fourth-order valence-corrected chi connectivity index (χ4v) is 2.39. The molecule has 1 heterocycles. The molecule has 0 aliphatic carbocycles. The van der Waals surface area contributed by atoms with E-state index in [2.05, 4.69) is 6.92 Å². The van der Waals surface area contributed by atoms with Crippen LogP contribution in [0.1, 0.15) is 12.5 Å². The number of amidine groups is 1. The molecule has 1 unspecified atom stereocenters. The van der Waals surface area contributed by atoms with Crippen LogP contribution in [0.15, 0.2) is 18.2 Å². The van der Waals surface area contributed by atoms with Crippen LogP contribution in [-0.2, 0) is 0 Å². The fourth-order valence-electron chi connectivity index (χ4n) is 2.12. The van der Waals surface area contributed by atoms with Gasteiger partial charge in [0.1, 0.15) is 5.84 Å². The number of anilines is 1. The summed E-state index contributed by atoms with van der Waals surface area (Å²) < 4.78 is 0. The minimum absolute atomic E-state index is 0.110. The third kappa shape index (κ3) is 2.27. The highest BCUT2D eigenvalue weighted by Gasteiger charge is 2.29. The highest BCUT2D eigenvalue weighted by Crippen LogP contribution is 2.29. The Balaban J connectivity index is 2.27. The lowest BCUT2D eigenvalue weighted by atomic mass is 9.80. The van der Waals surface area contributed by atoms with Crippen molar-refractivity contribution in [3.63, 3.8) is 0 Å². The molecule has 1 fully saturated rings. The van der Waals surface area contributed by atoms with E-state index in [0.29, 0.717) is 34.6 Å². The van der Waals surface area contributed by atoms with Crippen molar-refractivity contribution in [1.82, 2.24) is 4.90 Å². The number of hydrogen-bond donors (Lipinski definition) is 2. The van der Waals surface area contributed by atoms with Crippen molar-refractivity contribution in [1.29, 1.82) is 5.41 Å². The molecule has 2 rings (SSSR count). The maximum absolute atomic E-state index is 8.19. The number of nitrogens with one attached hydrogen (secondary N) is 1. The standard InChI is InChI=1S/C12H15BClN3/c1-7-5-17(6-8(7)13)12(16)11-9(14)3-2-4-10(11)15/h2-4,7-8,16H,5-6,15H2,1H3/t7-,8?/m1/s1. The average molecular weight is 248 g/mol. The Morgan fingerprint density at radius 2 is 2.24 bits per heavy atom. The third-order valence-corrected chi connectivity index (χ3v) is 3.58. The van der Waals surface area contributed by atoms with Gasteiger partial charge in [0.05, 0.1) is 18.4 Å². The van der Waals surface area contributed by atoms with Gasteiger partial charge in [-0.2, -0.15) is 0 Å². The summed E-state index contributed by atoms with van der Waals surface area (Å²) >= 11 is 6.10. The first-order valence-corrected chi connectivity index (χ1v) is 6.02. The van der Waals surface area contributed by atoms with Crippen LogP contribution in [0.3, 0.4) is 0 Å². The number of benzene rings is 1. The average Bonchev–Trinajstić information content (AvgIpc) is 2.59. The quantitative estimate of drug-likeness (QED) is 0.346. The number of nitrogens with zero attached hydrogens (tertiary/aromatic N) is 1. The minimum atomic E-state index is 0.110. The predicted octanol–water partition coefficient (Wildman–Crippen LogP) is 2.16. The number of hydrogen-bond acceptors (Lipinski definition) is 2. The van der Waals surface area contributed by atoms with Crippen LogP contribution in [-0.4, -0.2) is 31.7 Å². The number of halogens is 1. The Labute approximate surface area is 108 Å². The maximum Gasteiger partial charge on any atom is 0.131 e. The van der Waals surface area contributed by atoms with E-state index in [-0.39, 0.29) is 5.82 Å². The van der Waals surface area contributed by atoms with Gasteiger partial charge < -0.3 is 10.6 Å². The molecule has 5 heteroatoms. The molecule has 3 nitrogen and oxygen atoms in total. The highest BCUT2D eigenvalue weighted by atomic mass is 35.5. The topological polar surface area (TPSA) is 53.1 Å². The van der Waals surface area contributed by atoms with Crippen molar-refractivity contribution >= 4 is 31.0 Å². The van der Waals surface area contributed by atoms with Crippen molar-refractivity contribution in [3.05, 3.63) is 28.8 Å². The van der Waals surface area contributed by atoms with Gasteiger partial charge in [0.2, 0.25) is 0 Å². The number of nitrogens with two attached hydrogens (primary N) is 1. The van der Waals surface area contributed by atoms with Gasteiger partial charge in [0.25, 0.3) is 0 Å². The van der Waals surface area contributed by atoms with Crippen LogP contribution in [0.2, 0.25) is 10.8 Å². The first kappa shape index (κ1) is 12.3. The first-order valence-electron chi connectivity index (χ1n) is 5.64. The van der Waals surface area contributed by atoms with Crippen LogP contribution in [0.4, 0.5) is 5.69 Å². The molecule has 1 aliphatic heterocycles. The summed E-state index contributed by atoms with van der Waals surface area (Å²) in [6.45, 7) is 3.56. The first-order chi connectivity index (χ1) is 8.00. The Kier molecular flexibility index (Phi) is 3.34. The summed E-state index contributed by atoms with van der Waals surface area (Å²) in [5.41, 5.74) is 7.02. The zero-order valence-corrected chi connectivity index (χ0v) is 10.5. The van der Waals surface area contributed by atoms with Crippen molar-refractivity contribution in [3.8, 4) is 0 Å². The van der Waals surface area contributed by atoms with Gasteiger partial charge in [-0.15, -0.1) is 0 Å². The molecule has 1 saturated heterocycles. The summed E-state index contributed by atoms with van der Waals surface area (Å²) in [6.07, 6.45) is 0. The molecule has 2 radical (unpaired) electrons. The van der Waals surface area contributed by atoms with Crippen LogP contribution in [0.25, 0.3) is 0 Å². The van der Waals surface area contributed by atoms with Crippen LogP contribution in [0, 0.1) is 11.3 Å². The summed E-state index contributed by atoms with van der Waals surface area (Å²) in [5.74, 6) is 0.867. The summed E-state index contributed by atoms with van der Waals surface area (Å²) in [7, 11) is 5.96. The highest BCUT2D eigenvalue weighted by molar-refractivity contribution is 6.34. The van der Waals surface area contributed by atoms with E-state index in [1.165, 1.54) is 0 Å². The molecular weight excluding hydrogens is 232 g/mol. The second kappa shape index (κ2) is 4.61. The van der Waals surface area contributed by atoms with Crippen molar-refractivity contribution in [2.75, 3.05) is 18.8 Å². The maximum atomic E-state index is 8.19. The largest absolute Gasteiger partial charge is 0.398 e. The van der Waals surface area contributed by atoms with Gasteiger partial charge in [0.15, 0.2) is 0 Å². The third-order valence-electron chi connectivity index (χ3n) is 3.27. The minimum Gasteiger partial charge on any atom is -0.398 e. The second-order valence-corrected chi connectivity index (χ2v) is 5.01. The normalized spacial score (nSPS) is 24.0. The predicted molar refractivity (Wildman–Crippen MR) is 72.9 cm³/mol. The van der Waals surface area contributed by atoms with E-state index in [1.54, 1.807) is 18.2 Å². The SMILES string of the molecule is [B]C1CN(C(=N)c2c(N)cccc2Cl)C[C@H]1C. The van der Waals surface area contributed by atoms with Crippen molar-refractivity contribution < 1.29 is 0 Å². The molecule has 2 atom stereocenters. The molecule has 0 aromatic heterocycles. The zero-order valence-electron chi connectivity index (χ0n) is 9.78. The van der Waals surface area contributed by atoms with E-state index in [0.717, 1.165) is 6.54 Å². The van der Waals surface area contributed by atoms with Gasteiger partial charge in [-0.3, -0.25) is 5.41 Å². The summed E-state index contributed by atoms with van der Waals surface area (Å²) in [5, 5.41) is 8.71. The summed E-state index contributed by atoms with van der Waals surface area (Å²) in [4.78, 5) is 1.94. The Morgan fingerprint density at radius 3 is 2.76 bits per heavy atom. The number of rotatable bonds is 1. The fraction of sp³-hybridized carbons (Fsp3) is 0.417. The van der Waals surface area contributed by atoms with Gasteiger partial charge in [-0.1, -0.05) is 30.4 Å². The Bertz CT molecular complexity index is 419. The van der Waals surface area contributed by atoms with E-state index in [1.807, 2.05) is 4.90 Å². The Hall–Kier alpha value is -1.16. The molecule has 0 bridgehead atoms. The molecule has 88 valence electrons. The molecule has 0 amide bonds. The van der Waals surface area contributed by atoms with Gasteiger partial charge >= 0.3 is 0 Å². The molecule has 17 heavy (non-hydrogen) atoms. The molecule has 1 aromatic carbocycles. The van der Waals surface area contributed by atoms with Crippen molar-refractivity contribution in [2.45, 2.75) is 12.7 Å². The molecule has 0 saturated carbocycles. The van der Waals surface area contributed by atoms with E-state index < -0.39 is 0 Å². The lowest BCUT2D eigenvalue weighted by Gasteiger charge is -2.21. The van der Waals surface area contributed by atoms with Crippen LogP contribution >= 0.6 is 11.6 Å². The Morgan fingerprint density at radius 1 is 1.53 bits per heavy atom. The lowest BCUT2D eigenvalue weighted by Crippen LogP contribution is -2.29. The van der Waals surface area contributed by atoms with Crippen LogP contribution in [0.5, 0.6) is 0 Å². The zero-order chi connectivity index (χ0) is 12.6. The van der Waals surface area contributed by atoms with Gasteiger partial charge in [-0.05, 0) is 18.1 Å². The van der Waals surface area contributed by atoms with Gasteiger partial charge in [0, 0.05) is 18.8 Å². The van der Waals surface area contributed by atoms with E-state index in [4.69, 9.17) is 30.6 Å². The molecular formula is C12H15BClN3. The van der Waals surface area contributed by atoms with Crippen molar-refractivity contribution in [2.24, 2.45) is 5.92 Å². The lowest BCUT2D eigenvalue weighted by molar-refractivity contribution is 0.492. The molecule has 3 N–H and O–H groups in total. The van der Waals surface area contributed by atoms with E-state index in [9.17, 15) is 0 Å². The monoisotopic (exact) mass is 247 g/mol. The molecule has 1 aromatic rings. The number of likely N-dealkylation sites (tertiary alicyclic amines) is 1. The number of nitrogen functional groups attached to an aromatic ring is 1. The second-order valence-electron chi connectivity index (χ2n) is 4.60. The van der Waals surface area contributed by atoms with Crippen LogP contribution < -0.4 is 5.73 Å². The molecule has 0 spiro atoms.